The number of nitrogens with one attached hydrogen (secondary N) is 1. The van der Waals surface area contributed by atoms with Gasteiger partial charge in [0.05, 0.1) is 23.5 Å². The van der Waals surface area contributed by atoms with E-state index in [9.17, 15) is 4.79 Å². The van der Waals surface area contributed by atoms with Crippen molar-refractivity contribution in [1.29, 1.82) is 0 Å². The first kappa shape index (κ1) is 18.6. The SMILES string of the molecule is Cc1cccc(NC(=O)c2c(N)n(/N=C/c3ccco3)c3nc4ccccc4nc23)c1. The summed E-state index contributed by atoms with van der Waals surface area (Å²) in [4.78, 5) is 22.5. The van der Waals surface area contributed by atoms with Crippen LogP contribution in [-0.4, -0.2) is 26.8 Å². The van der Waals surface area contributed by atoms with Crippen LogP contribution in [0.1, 0.15) is 21.7 Å². The summed E-state index contributed by atoms with van der Waals surface area (Å²) in [5.41, 5.74) is 10.4. The number of carbonyl (C=O) groups is 1. The molecule has 5 aromatic rings. The van der Waals surface area contributed by atoms with E-state index in [4.69, 9.17) is 10.2 Å². The zero-order valence-corrected chi connectivity index (χ0v) is 16.6. The zero-order chi connectivity index (χ0) is 21.4. The van der Waals surface area contributed by atoms with E-state index < -0.39 is 0 Å². The lowest BCUT2D eigenvalue weighted by atomic mass is 10.2. The third-order valence-corrected chi connectivity index (χ3v) is 4.82. The highest BCUT2D eigenvalue weighted by molar-refractivity contribution is 6.16. The van der Waals surface area contributed by atoms with Crippen molar-refractivity contribution in [1.82, 2.24) is 14.6 Å². The van der Waals surface area contributed by atoms with Crippen molar-refractivity contribution < 1.29 is 9.21 Å². The topological polar surface area (TPSA) is 111 Å². The summed E-state index contributed by atoms with van der Waals surface area (Å²) in [6.45, 7) is 1.96. The van der Waals surface area contributed by atoms with E-state index in [-0.39, 0.29) is 17.3 Å². The molecule has 0 unspecified atom stereocenters. The molecule has 0 bridgehead atoms. The fraction of sp³-hybridized carbons (Fsp3) is 0.0435. The Kier molecular flexibility index (Phi) is 4.44. The summed E-state index contributed by atoms with van der Waals surface area (Å²) < 4.78 is 6.71. The number of fused-ring (bicyclic) bond motifs is 2. The lowest BCUT2D eigenvalue weighted by molar-refractivity contribution is 0.102. The standard InChI is InChI=1S/C23H18N6O2/c1-14-6-4-7-15(12-14)26-23(30)19-20-22(28-18-10-3-2-9-17(18)27-20)29(21(19)24)25-13-16-8-5-11-31-16/h2-13H,24H2,1H3,(H,26,30)/b25-13+. The van der Waals surface area contributed by atoms with Gasteiger partial charge in [-0.05, 0) is 48.9 Å². The maximum Gasteiger partial charge on any atom is 0.261 e. The normalized spacial score (nSPS) is 11.5. The quantitative estimate of drug-likeness (QED) is 0.431. The molecule has 2 aromatic carbocycles. The molecule has 0 saturated heterocycles. The maximum absolute atomic E-state index is 13.2. The van der Waals surface area contributed by atoms with Gasteiger partial charge < -0.3 is 15.5 Å². The van der Waals surface area contributed by atoms with E-state index in [0.29, 0.717) is 33.6 Å². The van der Waals surface area contributed by atoms with E-state index in [1.165, 1.54) is 10.9 Å². The molecule has 5 rings (SSSR count). The van der Waals surface area contributed by atoms with Crippen LogP contribution in [0.5, 0.6) is 0 Å². The number of hydrogen-bond donors (Lipinski definition) is 2. The molecule has 3 aromatic heterocycles. The Morgan fingerprint density at radius 2 is 1.90 bits per heavy atom. The number of nitrogen functional groups attached to an aromatic ring is 1. The number of rotatable bonds is 4. The average molecular weight is 410 g/mol. The number of para-hydroxylation sites is 2. The number of nitrogens with two attached hydrogens (primary N) is 1. The molecule has 0 radical (unpaired) electrons. The average Bonchev–Trinajstić information content (AvgIpc) is 3.36. The first-order valence-electron chi connectivity index (χ1n) is 9.63. The Morgan fingerprint density at radius 1 is 1.10 bits per heavy atom. The second kappa shape index (κ2) is 7.42. The van der Waals surface area contributed by atoms with Crippen LogP contribution in [0.25, 0.3) is 22.2 Å². The monoisotopic (exact) mass is 410 g/mol. The van der Waals surface area contributed by atoms with Gasteiger partial charge in [-0.3, -0.25) is 4.79 Å². The molecule has 0 aliphatic heterocycles. The summed E-state index contributed by atoms with van der Waals surface area (Å²) in [5, 5.41) is 7.29. The van der Waals surface area contributed by atoms with Gasteiger partial charge in [-0.1, -0.05) is 24.3 Å². The largest absolute Gasteiger partial charge is 0.463 e. The van der Waals surface area contributed by atoms with Crippen LogP contribution in [0, 0.1) is 6.92 Å². The molecule has 152 valence electrons. The van der Waals surface area contributed by atoms with Gasteiger partial charge in [-0.2, -0.15) is 9.78 Å². The van der Waals surface area contributed by atoms with Crippen molar-refractivity contribution in [3.05, 3.63) is 83.8 Å². The van der Waals surface area contributed by atoms with Gasteiger partial charge in [0, 0.05) is 5.69 Å². The van der Waals surface area contributed by atoms with Gasteiger partial charge in [0.2, 0.25) is 0 Å². The van der Waals surface area contributed by atoms with Gasteiger partial charge in [0.15, 0.2) is 5.65 Å². The second-order valence-electron chi connectivity index (χ2n) is 7.04. The molecule has 1 amide bonds. The van der Waals surface area contributed by atoms with Crippen LogP contribution in [-0.2, 0) is 0 Å². The van der Waals surface area contributed by atoms with Gasteiger partial charge in [-0.25, -0.2) is 9.97 Å². The number of nitrogens with zero attached hydrogens (tertiary/aromatic N) is 4. The number of carbonyl (C=O) groups excluding carboxylic acids is 1. The van der Waals surface area contributed by atoms with E-state index in [1.54, 1.807) is 18.4 Å². The molecule has 0 atom stereocenters. The molecule has 0 fully saturated rings. The Labute approximate surface area is 177 Å². The summed E-state index contributed by atoms with van der Waals surface area (Å²) >= 11 is 0. The minimum Gasteiger partial charge on any atom is -0.463 e. The Bertz CT molecular complexity index is 1450. The minimum atomic E-state index is -0.385. The summed E-state index contributed by atoms with van der Waals surface area (Å²) in [5.74, 6) is 0.295. The molecular formula is C23H18N6O2. The highest BCUT2D eigenvalue weighted by Crippen LogP contribution is 2.28. The number of aryl methyl sites for hydroxylation is 1. The number of furan rings is 1. The second-order valence-corrected chi connectivity index (χ2v) is 7.04. The predicted octanol–water partition coefficient (Wildman–Crippen LogP) is 4.20. The van der Waals surface area contributed by atoms with Gasteiger partial charge >= 0.3 is 0 Å². The molecule has 0 aliphatic rings. The lowest BCUT2D eigenvalue weighted by Crippen LogP contribution is -2.14. The van der Waals surface area contributed by atoms with E-state index in [2.05, 4.69) is 20.4 Å². The number of aromatic nitrogens is 3. The third kappa shape index (κ3) is 3.40. The fourth-order valence-electron chi connectivity index (χ4n) is 3.38. The lowest BCUT2D eigenvalue weighted by Gasteiger charge is -2.06. The predicted molar refractivity (Wildman–Crippen MR) is 120 cm³/mol. The number of amides is 1. The van der Waals surface area contributed by atoms with E-state index in [0.717, 1.165) is 5.56 Å². The fourth-order valence-corrected chi connectivity index (χ4v) is 3.38. The Balaban J connectivity index is 1.68. The van der Waals surface area contributed by atoms with Crippen LogP contribution >= 0.6 is 0 Å². The highest BCUT2D eigenvalue weighted by atomic mass is 16.3. The first-order valence-corrected chi connectivity index (χ1v) is 9.63. The maximum atomic E-state index is 13.2. The van der Waals surface area contributed by atoms with Gasteiger partial charge in [-0.15, -0.1) is 0 Å². The molecule has 8 heteroatoms. The third-order valence-electron chi connectivity index (χ3n) is 4.82. The van der Waals surface area contributed by atoms with Crippen molar-refractivity contribution >= 4 is 45.8 Å². The van der Waals surface area contributed by atoms with Crippen molar-refractivity contribution in [2.75, 3.05) is 11.1 Å². The molecule has 0 aliphatic carbocycles. The van der Waals surface area contributed by atoms with Crippen molar-refractivity contribution in [3.63, 3.8) is 0 Å². The summed E-state index contributed by atoms with van der Waals surface area (Å²) in [6.07, 6.45) is 3.06. The first-order chi connectivity index (χ1) is 15.1. The minimum absolute atomic E-state index is 0.137. The number of anilines is 2. The Hall–Kier alpha value is -4.46. The molecule has 31 heavy (non-hydrogen) atoms. The smallest absolute Gasteiger partial charge is 0.261 e. The highest BCUT2D eigenvalue weighted by Gasteiger charge is 2.24. The number of hydrogen-bond acceptors (Lipinski definition) is 6. The molecule has 3 N–H and O–H groups in total. The van der Waals surface area contributed by atoms with Crippen LogP contribution in [0.4, 0.5) is 11.5 Å². The summed E-state index contributed by atoms with van der Waals surface area (Å²) in [7, 11) is 0. The van der Waals surface area contributed by atoms with Crippen LogP contribution in [0.15, 0.2) is 76.4 Å². The van der Waals surface area contributed by atoms with Gasteiger partial charge in [0.25, 0.3) is 5.91 Å². The molecule has 0 spiro atoms. The van der Waals surface area contributed by atoms with Crippen molar-refractivity contribution in [2.24, 2.45) is 5.10 Å². The van der Waals surface area contributed by atoms with E-state index in [1.807, 2.05) is 55.5 Å². The molecular weight excluding hydrogens is 392 g/mol. The molecule has 8 nitrogen and oxygen atoms in total. The number of benzene rings is 2. The van der Waals surface area contributed by atoms with Crippen molar-refractivity contribution in [3.8, 4) is 0 Å². The van der Waals surface area contributed by atoms with Crippen LogP contribution < -0.4 is 11.1 Å². The zero-order valence-electron chi connectivity index (χ0n) is 16.6. The van der Waals surface area contributed by atoms with Gasteiger partial charge in [0.1, 0.15) is 22.7 Å². The van der Waals surface area contributed by atoms with Crippen LogP contribution in [0.2, 0.25) is 0 Å². The molecule has 3 heterocycles. The molecule has 0 saturated carbocycles. The summed E-state index contributed by atoms with van der Waals surface area (Å²) in [6, 6.07) is 18.5. The van der Waals surface area contributed by atoms with E-state index >= 15 is 0 Å². The van der Waals surface area contributed by atoms with Crippen molar-refractivity contribution in [2.45, 2.75) is 6.92 Å². The van der Waals surface area contributed by atoms with Crippen LogP contribution in [0.3, 0.4) is 0 Å². The Morgan fingerprint density at radius 3 is 2.65 bits per heavy atom.